The minimum atomic E-state index is -0.881. The Balaban J connectivity index is 0.00000155. The number of anilines is 2. The fourth-order valence-electron chi connectivity index (χ4n) is 2.67. The Hall–Kier alpha value is -3.32. The molecule has 3 rings (SSSR count). The van der Waals surface area contributed by atoms with Crippen LogP contribution in [-0.2, 0) is 14.1 Å². The number of aryl methyl sites for hydroxylation is 1. The molecule has 0 aliphatic carbocycles. The van der Waals surface area contributed by atoms with Crippen molar-refractivity contribution >= 4 is 29.1 Å². The van der Waals surface area contributed by atoms with Gasteiger partial charge >= 0.3 is 11.7 Å². The largest absolute Gasteiger partial charge is 0.423 e. The van der Waals surface area contributed by atoms with Crippen LogP contribution in [0.1, 0.15) is 29.8 Å². The van der Waals surface area contributed by atoms with E-state index in [1.165, 1.54) is 18.7 Å². The number of halogens is 1. The number of hydrogen-bond donors (Lipinski definition) is 1. The summed E-state index contributed by atoms with van der Waals surface area (Å²) >= 11 is 6.25. The highest BCUT2D eigenvalue weighted by Crippen LogP contribution is 2.27. The third kappa shape index (κ3) is 4.80. The minimum Gasteiger partial charge on any atom is -0.423 e. The summed E-state index contributed by atoms with van der Waals surface area (Å²) < 4.78 is 7.33. The van der Waals surface area contributed by atoms with Gasteiger partial charge in [0.1, 0.15) is 11.6 Å². The van der Waals surface area contributed by atoms with E-state index in [2.05, 4.69) is 5.32 Å². The average molecular weight is 430 g/mol. The maximum absolute atomic E-state index is 12.8. The number of carbonyl (C=O) groups excluding carboxylic acids is 1. The monoisotopic (exact) mass is 429 g/mol. The Morgan fingerprint density at radius 1 is 1.00 bits per heavy atom. The molecule has 3 aromatic rings. The molecule has 0 saturated carbocycles. The Morgan fingerprint density at radius 3 is 2.23 bits per heavy atom. The fourth-order valence-corrected chi connectivity index (χ4v) is 2.95. The molecule has 1 heterocycles. The van der Waals surface area contributed by atoms with E-state index in [1.54, 1.807) is 42.5 Å². The summed E-state index contributed by atoms with van der Waals surface area (Å²) in [6.07, 6.45) is 0. The van der Waals surface area contributed by atoms with Crippen molar-refractivity contribution in [3.05, 3.63) is 85.5 Å². The minimum absolute atomic E-state index is 0.000200. The number of ether oxygens (including phenoxy) is 1. The van der Waals surface area contributed by atoms with E-state index in [4.69, 9.17) is 16.3 Å². The van der Waals surface area contributed by atoms with Crippen LogP contribution in [-0.4, -0.2) is 15.1 Å². The van der Waals surface area contributed by atoms with Crippen molar-refractivity contribution in [1.82, 2.24) is 9.13 Å². The summed E-state index contributed by atoms with van der Waals surface area (Å²) in [6.45, 7) is 5.88. The smallest absolute Gasteiger partial charge is 0.352 e. The molecule has 1 N–H and O–H groups in total. The Bertz CT molecular complexity index is 1170. The first-order valence-corrected chi connectivity index (χ1v) is 9.78. The summed E-state index contributed by atoms with van der Waals surface area (Å²) in [7, 11) is 2.75. The van der Waals surface area contributed by atoms with Gasteiger partial charge < -0.3 is 10.1 Å². The van der Waals surface area contributed by atoms with Crippen molar-refractivity contribution in [3.63, 3.8) is 0 Å². The molecular weight excluding hydrogens is 406 g/mol. The van der Waals surface area contributed by atoms with E-state index in [0.717, 1.165) is 10.1 Å². The maximum atomic E-state index is 12.8. The van der Waals surface area contributed by atoms with Crippen molar-refractivity contribution in [2.45, 2.75) is 20.8 Å². The van der Waals surface area contributed by atoms with E-state index in [1.807, 2.05) is 26.8 Å². The molecular formula is C22H24ClN3O4. The molecule has 0 aliphatic rings. The van der Waals surface area contributed by atoms with Gasteiger partial charge in [-0.3, -0.25) is 13.9 Å². The van der Waals surface area contributed by atoms with Crippen LogP contribution in [0.25, 0.3) is 0 Å². The van der Waals surface area contributed by atoms with E-state index in [-0.39, 0.29) is 17.1 Å². The van der Waals surface area contributed by atoms with Crippen LogP contribution in [0.5, 0.6) is 5.75 Å². The second-order valence-corrected chi connectivity index (χ2v) is 6.65. The van der Waals surface area contributed by atoms with E-state index in [0.29, 0.717) is 10.7 Å². The highest BCUT2D eigenvalue weighted by atomic mass is 35.5. The number of para-hydroxylation sites is 1. The molecule has 158 valence electrons. The van der Waals surface area contributed by atoms with Crippen molar-refractivity contribution in [3.8, 4) is 5.75 Å². The predicted molar refractivity (Wildman–Crippen MR) is 119 cm³/mol. The molecule has 0 atom stereocenters. The number of nitrogens with one attached hydrogen (secondary N) is 1. The topological polar surface area (TPSA) is 82.3 Å². The molecule has 8 heteroatoms. The Labute approximate surface area is 179 Å². The number of esters is 1. The van der Waals surface area contributed by atoms with Crippen LogP contribution >= 0.6 is 11.6 Å². The van der Waals surface area contributed by atoms with Gasteiger partial charge in [0, 0.05) is 14.1 Å². The Kier molecular flexibility index (Phi) is 7.60. The van der Waals surface area contributed by atoms with Crippen molar-refractivity contribution in [2.24, 2.45) is 14.1 Å². The van der Waals surface area contributed by atoms with Crippen LogP contribution in [0.4, 0.5) is 11.5 Å². The summed E-state index contributed by atoms with van der Waals surface area (Å²) in [5.74, 6) is -0.601. The maximum Gasteiger partial charge on any atom is 0.352 e. The zero-order chi connectivity index (χ0) is 22.4. The lowest BCUT2D eigenvalue weighted by molar-refractivity contribution is 0.0732. The second kappa shape index (κ2) is 9.93. The van der Waals surface area contributed by atoms with E-state index in [9.17, 15) is 14.4 Å². The quantitative estimate of drug-likeness (QED) is 0.500. The van der Waals surface area contributed by atoms with Crippen molar-refractivity contribution < 1.29 is 9.53 Å². The number of nitrogens with zero attached hydrogens (tertiary/aromatic N) is 2. The normalized spacial score (nSPS) is 10.1. The number of carbonyl (C=O) groups is 1. The first-order valence-electron chi connectivity index (χ1n) is 9.40. The predicted octanol–water partition coefficient (Wildman–Crippen LogP) is 4.03. The molecule has 0 aliphatic heterocycles. The van der Waals surface area contributed by atoms with Crippen LogP contribution < -0.4 is 21.3 Å². The van der Waals surface area contributed by atoms with Gasteiger partial charge in [-0.1, -0.05) is 49.7 Å². The second-order valence-electron chi connectivity index (χ2n) is 6.24. The van der Waals surface area contributed by atoms with Crippen LogP contribution in [0, 0.1) is 6.92 Å². The van der Waals surface area contributed by atoms with Gasteiger partial charge in [-0.25, -0.2) is 9.59 Å². The molecule has 2 aromatic carbocycles. The molecule has 0 bridgehead atoms. The zero-order valence-electron chi connectivity index (χ0n) is 17.5. The summed E-state index contributed by atoms with van der Waals surface area (Å²) in [4.78, 5) is 37.8. The molecule has 0 amide bonds. The standard InChI is InChI=1S/C20H18ClN3O4.C2H6/c1-12-9-10-15(14(21)11-12)22-17-16(18(25)24(3)20(27)23(17)2)19(26)28-13-7-5-4-6-8-13;1-2/h4-11,22H,1-3H3;1-2H3. The highest BCUT2D eigenvalue weighted by molar-refractivity contribution is 6.33. The summed E-state index contributed by atoms with van der Waals surface area (Å²) in [5.41, 5.74) is -0.270. The van der Waals surface area contributed by atoms with Crippen molar-refractivity contribution in [1.29, 1.82) is 0 Å². The average Bonchev–Trinajstić information content (AvgIpc) is 2.74. The van der Waals surface area contributed by atoms with Crippen LogP contribution in [0.2, 0.25) is 5.02 Å². The molecule has 0 fully saturated rings. The molecule has 0 saturated heterocycles. The van der Waals surface area contributed by atoms with Crippen LogP contribution in [0.15, 0.2) is 58.1 Å². The molecule has 0 spiro atoms. The summed E-state index contributed by atoms with van der Waals surface area (Å²) in [5, 5.41) is 3.31. The lowest BCUT2D eigenvalue weighted by Crippen LogP contribution is -2.42. The third-order valence-corrected chi connectivity index (χ3v) is 4.51. The van der Waals surface area contributed by atoms with Crippen molar-refractivity contribution in [2.75, 3.05) is 5.32 Å². The van der Waals surface area contributed by atoms with Gasteiger partial charge in [-0.15, -0.1) is 0 Å². The van der Waals surface area contributed by atoms with Gasteiger partial charge in [0.2, 0.25) is 0 Å². The highest BCUT2D eigenvalue weighted by Gasteiger charge is 2.24. The van der Waals surface area contributed by atoms with E-state index >= 15 is 0 Å². The number of hydrogen-bond acceptors (Lipinski definition) is 5. The van der Waals surface area contributed by atoms with E-state index < -0.39 is 17.2 Å². The number of aromatic nitrogens is 2. The van der Waals surface area contributed by atoms with Crippen LogP contribution in [0.3, 0.4) is 0 Å². The molecule has 0 radical (unpaired) electrons. The fraction of sp³-hybridized carbons (Fsp3) is 0.227. The molecule has 30 heavy (non-hydrogen) atoms. The molecule has 1 aromatic heterocycles. The van der Waals surface area contributed by atoms with Gasteiger partial charge in [-0.05, 0) is 36.8 Å². The molecule has 0 unspecified atom stereocenters. The lowest BCUT2D eigenvalue weighted by Gasteiger charge is -2.17. The number of rotatable bonds is 4. The van der Waals surface area contributed by atoms with Gasteiger partial charge in [0.15, 0.2) is 5.56 Å². The SMILES string of the molecule is CC.Cc1ccc(Nc2c(C(=O)Oc3ccccc3)c(=O)n(C)c(=O)n2C)c(Cl)c1. The third-order valence-electron chi connectivity index (χ3n) is 4.20. The first-order chi connectivity index (χ1) is 14.3. The van der Waals surface area contributed by atoms with Gasteiger partial charge in [0.05, 0.1) is 10.7 Å². The molecule has 7 nitrogen and oxygen atoms in total. The number of benzene rings is 2. The Morgan fingerprint density at radius 2 is 1.63 bits per heavy atom. The first kappa shape index (κ1) is 23.0. The lowest BCUT2D eigenvalue weighted by atomic mass is 10.2. The zero-order valence-corrected chi connectivity index (χ0v) is 18.3. The summed E-state index contributed by atoms with van der Waals surface area (Å²) in [6, 6.07) is 13.6. The van der Waals surface area contributed by atoms with Gasteiger partial charge in [-0.2, -0.15) is 0 Å². The van der Waals surface area contributed by atoms with Gasteiger partial charge in [0.25, 0.3) is 5.56 Å².